The van der Waals surface area contributed by atoms with Crippen molar-refractivity contribution in [2.75, 3.05) is 7.11 Å². The molecule has 0 radical (unpaired) electrons. The normalized spacial score (nSPS) is 13.4. The van der Waals surface area contributed by atoms with E-state index in [0.29, 0.717) is 18.4 Å². The van der Waals surface area contributed by atoms with Gasteiger partial charge in [-0.2, -0.15) is 0 Å². The minimum atomic E-state index is -2.20. The number of methoxy groups -OCH3 is 1. The fourth-order valence-electron chi connectivity index (χ4n) is 4.08. The molecule has 3 aromatic rings. The Bertz CT molecular complexity index is 1270. The quantitative estimate of drug-likeness (QED) is 0.174. The van der Waals surface area contributed by atoms with Gasteiger partial charge in [0.15, 0.2) is 8.32 Å². The van der Waals surface area contributed by atoms with E-state index < -0.39 is 14.4 Å². The summed E-state index contributed by atoms with van der Waals surface area (Å²) in [6.45, 7) is 11.3. The van der Waals surface area contributed by atoms with Crippen molar-refractivity contribution < 1.29 is 23.5 Å². The second-order valence-electron chi connectivity index (χ2n) is 11.6. The van der Waals surface area contributed by atoms with Crippen molar-refractivity contribution in [2.45, 2.75) is 70.5 Å². The maximum atomic E-state index is 13.1. The maximum absolute atomic E-state index is 13.1. The molecule has 3 rings (SSSR count). The number of rotatable bonds is 12. The van der Waals surface area contributed by atoms with Gasteiger partial charge in [0, 0.05) is 0 Å². The van der Waals surface area contributed by atoms with Gasteiger partial charge in [-0.05, 0) is 59.8 Å². The smallest absolute Gasteiger partial charge is 0.407 e. The second-order valence-corrected chi connectivity index (χ2v) is 16.4. The molecule has 0 unspecified atom stereocenters. The number of carbonyl (C=O) groups excluding carboxylic acids is 2. The first-order valence-electron chi connectivity index (χ1n) is 14.0. The molecule has 0 bridgehead atoms. The molecule has 218 valence electrons. The van der Waals surface area contributed by atoms with E-state index >= 15 is 0 Å². The van der Waals surface area contributed by atoms with E-state index in [1.807, 2.05) is 66.7 Å². The fourth-order valence-corrected chi connectivity index (χ4v) is 5.37. The summed E-state index contributed by atoms with van der Waals surface area (Å²) < 4.78 is 17.4. The van der Waals surface area contributed by atoms with Gasteiger partial charge in [-0.1, -0.05) is 106 Å². The van der Waals surface area contributed by atoms with E-state index in [-0.39, 0.29) is 29.8 Å². The van der Waals surface area contributed by atoms with Crippen LogP contribution in [-0.2, 0) is 20.5 Å². The molecular formula is C34H43NO5Si. The second kappa shape index (κ2) is 14.8. The van der Waals surface area contributed by atoms with Crippen molar-refractivity contribution in [3.05, 3.63) is 113 Å². The first-order valence-corrected chi connectivity index (χ1v) is 17.0. The van der Waals surface area contributed by atoms with Crippen LogP contribution in [-0.4, -0.2) is 33.5 Å². The van der Waals surface area contributed by atoms with Crippen molar-refractivity contribution >= 4 is 26.5 Å². The highest BCUT2D eigenvalue weighted by Crippen LogP contribution is 2.41. The maximum Gasteiger partial charge on any atom is 0.407 e. The topological polar surface area (TPSA) is 73.9 Å². The van der Waals surface area contributed by atoms with Gasteiger partial charge in [-0.25, -0.2) is 9.59 Å². The molecule has 1 N–H and O–H groups in total. The number of amides is 1. The van der Waals surface area contributed by atoms with E-state index in [4.69, 9.17) is 13.9 Å². The highest BCUT2D eigenvalue weighted by Gasteiger charge is 2.41. The molecule has 6 nitrogen and oxygen atoms in total. The molecule has 0 fully saturated rings. The van der Waals surface area contributed by atoms with Crippen LogP contribution in [0.1, 0.15) is 66.8 Å². The van der Waals surface area contributed by atoms with Crippen molar-refractivity contribution in [2.24, 2.45) is 0 Å². The number of benzene rings is 3. The Balaban J connectivity index is 1.80. The Labute approximate surface area is 245 Å². The number of hydrogen-bond donors (Lipinski definition) is 1. The number of hydrogen-bond acceptors (Lipinski definition) is 5. The number of alkyl carbamates (subject to hydrolysis) is 1. The lowest BCUT2D eigenvalue weighted by atomic mass is 9.98. The third-order valence-electron chi connectivity index (χ3n) is 7.52. The molecule has 0 aliphatic rings. The number of allylic oxidation sites excluding steroid dienone is 1. The van der Waals surface area contributed by atoms with Crippen molar-refractivity contribution in [1.29, 1.82) is 0 Å². The molecular weight excluding hydrogens is 530 g/mol. The summed E-state index contributed by atoms with van der Waals surface area (Å²) in [6.07, 6.45) is 4.62. The SMILES string of the molecule is COC(=O)c1ccc(/C=C/CC[C@@H](NC(=O)OCc2ccccc2)[C@H](O[Si](C)(C)C(C)(C)C)c2ccccc2)cc1. The van der Waals surface area contributed by atoms with Gasteiger partial charge in [0.2, 0.25) is 0 Å². The molecule has 0 saturated carbocycles. The summed E-state index contributed by atoms with van der Waals surface area (Å²) in [4.78, 5) is 24.8. The summed E-state index contributed by atoms with van der Waals surface area (Å²) in [5, 5.41) is 3.13. The van der Waals surface area contributed by atoms with Crippen molar-refractivity contribution in [3.8, 4) is 0 Å². The summed E-state index contributed by atoms with van der Waals surface area (Å²) in [5.74, 6) is -0.359. The van der Waals surface area contributed by atoms with Crippen LogP contribution in [0.5, 0.6) is 0 Å². The predicted molar refractivity (Wildman–Crippen MR) is 167 cm³/mol. The first kappa shape index (κ1) is 31.8. The van der Waals surface area contributed by atoms with Crippen LogP contribution in [0.4, 0.5) is 4.79 Å². The molecule has 0 heterocycles. The summed E-state index contributed by atoms with van der Waals surface area (Å²) >= 11 is 0. The van der Waals surface area contributed by atoms with Gasteiger partial charge in [-0.3, -0.25) is 0 Å². The molecule has 3 aromatic carbocycles. The lowest BCUT2D eigenvalue weighted by molar-refractivity contribution is 0.0600. The standard InChI is InChI=1S/C34H43NO5Si/c1-34(2,3)41(5,6)40-31(28-18-11-8-12-19-28)30(35-33(37)39-25-27-16-9-7-10-17-27)20-14-13-15-26-21-23-29(24-22-26)32(36)38-4/h7-13,15-19,21-24,30-31H,14,20,25H2,1-6H3,(H,35,37)/b15-13+/t30-,31-/m1/s1. The van der Waals surface area contributed by atoms with Crippen LogP contribution in [0, 0.1) is 0 Å². The van der Waals surface area contributed by atoms with Gasteiger partial charge in [-0.15, -0.1) is 0 Å². The highest BCUT2D eigenvalue weighted by atomic mass is 28.4. The lowest BCUT2D eigenvalue weighted by Gasteiger charge is -2.41. The van der Waals surface area contributed by atoms with Crippen LogP contribution in [0.3, 0.4) is 0 Å². The molecule has 0 aliphatic carbocycles. The molecule has 0 aliphatic heterocycles. The van der Waals surface area contributed by atoms with E-state index in [1.165, 1.54) is 7.11 Å². The Hall–Kier alpha value is -3.68. The molecule has 2 atom stereocenters. The van der Waals surface area contributed by atoms with Crippen LogP contribution >= 0.6 is 0 Å². The molecule has 7 heteroatoms. The van der Waals surface area contributed by atoms with E-state index in [0.717, 1.165) is 16.7 Å². The third kappa shape index (κ3) is 9.72. The van der Waals surface area contributed by atoms with Crippen molar-refractivity contribution in [3.63, 3.8) is 0 Å². The Morgan fingerprint density at radius 3 is 2.10 bits per heavy atom. The van der Waals surface area contributed by atoms with Gasteiger partial charge in [0.05, 0.1) is 24.8 Å². The zero-order valence-electron chi connectivity index (χ0n) is 25.1. The van der Waals surface area contributed by atoms with Gasteiger partial charge < -0.3 is 19.2 Å². The zero-order valence-corrected chi connectivity index (χ0v) is 26.1. The first-order chi connectivity index (χ1) is 19.5. The monoisotopic (exact) mass is 573 g/mol. The number of esters is 1. The van der Waals surface area contributed by atoms with E-state index in [2.05, 4.69) is 57.4 Å². The van der Waals surface area contributed by atoms with Crippen LogP contribution in [0.15, 0.2) is 91.0 Å². The molecule has 0 aromatic heterocycles. The average molecular weight is 574 g/mol. The summed E-state index contributed by atoms with van der Waals surface area (Å²) in [6, 6.07) is 26.7. The predicted octanol–water partition coefficient (Wildman–Crippen LogP) is 8.32. The van der Waals surface area contributed by atoms with Gasteiger partial charge in [0.25, 0.3) is 0 Å². The molecule has 1 amide bonds. The zero-order chi connectivity index (χ0) is 29.9. The van der Waals surface area contributed by atoms with Gasteiger partial charge in [0.1, 0.15) is 6.61 Å². The minimum absolute atomic E-state index is 0.00529. The summed E-state index contributed by atoms with van der Waals surface area (Å²) in [5.41, 5.74) is 3.43. The van der Waals surface area contributed by atoms with Crippen molar-refractivity contribution in [1.82, 2.24) is 5.32 Å². The van der Waals surface area contributed by atoms with Crippen LogP contribution in [0.25, 0.3) is 6.08 Å². The lowest BCUT2D eigenvalue weighted by Crippen LogP contribution is -2.48. The molecule has 0 saturated heterocycles. The Morgan fingerprint density at radius 1 is 0.902 bits per heavy atom. The molecule has 0 spiro atoms. The third-order valence-corrected chi connectivity index (χ3v) is 12.0. The fraction of sp³-hybridized carbons (Fsp3) is 0.353. The number of ether oxygens (including phenoxy) is 2. The number of nitrogens with one attached hydrogen (secondary N) is 1. The number of carbonyl (C=O) groups is 2. The van der Waals surface area contributed by atoms with Crippen LogP contribution in [0.2, 0.25) is 18.1 Å². The summed E-state index contributed by atoms with van der Waals surface area (Å²) in [7, 11) is -0.831. The largest absolute Gasteiger partial charge is 0.465 e. The minimum Gasteiger partial charge on any atom is -0.465 e. The van der Waals surface area contributed by atoms with Crippen LogP contribution < -0.4 is 5.32 Å². The Morgan fingerprint density at radius 2 is 1.51 bits per heavy atom. The van der Waals surface area contributed by atoms with E-state index in [9.17, 15) is 9.59 Å². The van der Waals surface area contributed by atoms with Gasteiger partial charge >= 0.3 is 12.1 Å². The molecule has 41 heavy (non-hydrogen) atoms. The van der Waals surface area contributed by atoms with E-state index in [1.54, 1.807) is 12.1 Å². The average Bonchev–Trinajstić information content (AvgIpc) is 2.97. The Kier molecular flexibility index (Phi) is 11.5. The highest BCUT2D eigenvalue weighted by molar-refractivity contribution is 6.74.